The Hall–Kier alpha value is -2.49. The molecule has 0 amide bonds. The summed E-state index contributed by atoms with van der Waals surface area (Å²) in [6, 6.07) is 10.3. The van der Waals surface area contributed by atoms with Gasteiger partial charge in [-0.2, -0.15) is 0 Å². The van der Waals surface area contributed by atoms with Crippen molar-refractivity contribution >= 4 is 16.9 Å². The van der Waals surface area contributed by atoms with E-state index in [1.54, 1.807) is 12.4 Å². The van der Waals surface area contributed by atoms with Crippen LogP contribution in [0.25, 0.3) is 22.3 Å². The molecule has 94 valence electrons. The molecule has 0 saturated heterocycles. The lowest BCUT2D eigenvalue weighted by molar-refractivity contribution is 1.23. The fraction of sp³-hybridized carbons (Fsp3) is 0.133. The molecule has 0 bridgehead atoms. The number of aryl methyl sites for hydroxylation is 1. The molecule has 0 aliphatic heterocycles. The van der Waals surface area contributed by atoms with Crippen LogP contribution in [-0.4, -0.2) is 22.0 Å². The fourth-order valence-electron chi connectivity index (χ4n) is 2.02. The van der Waals surface area contributed by atoms with Gasteiger partial charge in [-0.05, 0) is 13.0 Å². The Morgan fingerprint density at radius 3 is 2.47 bits per heavy atom. The van der Waals surface area contributed by atoms with Crippen molar-refractivity contribution in [3.05, 3.63) is 48.3 Å². The van der Waals surface area contributed by atoms with E-state index in [0.717, 1.165) is 28.1 Å². The molecule has 0 aliphatic carbocycles. The molecule has 2 aromatic heterocycles. The molecule has 4 heteroatoms. The second kappa shape index (κ2) is 4.65. The Kier molecular flexibility index (Phi) is 2.83. The first-order chi connectivity index (χ1) is 9.28. The van der Waals surface area contributed by atoms with Crippen molar-refractivity contribution in [1.82, 2.24) is 15.0 Å². The van der Waals surface area contributed by atoms with E-state index in [4.69, 9.17) is 0 Å². The van der Waals surface area contributed by atoms with E-state index >= 15 is 0 Å². The van der Waals surface area contributed by atoms with Crippen molar-refractivity contribution in [2.24, 2.45) is 0 Å². The van der Waals surface area contributed by atoms with Crippen LogP contribution in [0, 0.1) is 6.92 Å². The van der Waals surface area contributed by atoms with Gasteiger partial charge in [0.05, 0.1) is 11.2 Å². The number of benzene rings is 1. The average Bonchev–Trinajstić information content (AvgIpc) is 2.47. The molecule has 0 saturated carbocycles. The maximum absolute atomic E-state index is 4.61. The molecule has 0 atom stereocenters. The van der Waals surface area contributed by atoms with Gasteiger partial charge in [0.25, 0.3) is 0 Å². The van der Waals surface area contributed by atoms with Crippen LogP contribution >= 0.6 is 0 Å². The molecular weight excluding hydrogens is 236 g/mol. The zero-order valence-electron chi connectivity index (χ0n) is 10.9. The lowest BCUT2D eigenvalue weighted by Crippen LogP contribution is -1.98. The molecular formula is C15H14N4. The van der Waals surface area contributed by atoms with Crippen molar-refractivity contribution < 1.29 is 0 Å². The van der Waals surface area contributed by atoms with Gasteiger partial charge in [0.1, 0.15) is 5.52 Å². The number of nitrogens with zero attached hydrogens (tertiary/aromatic N) is 3. The van der Waals surface area contributed by atoms with Crippen molar-refractivity contribution in [2.45, 2.75) is 6.92 Å². The number of fused-ring (bicyclic) bond motifs is 1. The highest BCUT2D eigenvalue weighted by molar-refractivity contribution is 5.88. The third-order valence-electron chi connectivity index (χ3n) is 3.04. The molecule has 0 spiro atoms. The van der Waals surface area contributed by atoms with Crippen molar-refractivity contribution in [3.63, 3.8) is 0 Å². The van der Waals surface area contributed by atoms with Gasteiger partial charge in [-0.1, -0.05) is 29.8 Å². The minimum Gasteiger partial charge on any atom is -0.371 e. The molecule has 0 aliphatic rings. The zero-order valence-corrected chi connectivity index (χ0v) is 10.9. The third-order valence-corrected chi connectivity index (χ3v) is 3.04. The van der Waals surface area contributed by atoms with Crippen LogP contribution < -0.4 is 5.32 Å². The van der Waals surface area contributed by atoms with Crippen LogP contribution in [0.2, 0.25) is 0 Å². The average molecular weight is 250 g/mol. The molecule has 3 rings (SSSR count). The number of nitrogens with one attached hydrogen (secondary N) is 1. The molecule has 0 fully saturated rings. The molecule has 0 unspecified atom stereocenters. The highest BCUT2D eigenvalue weighted by Crippen LogP contribution is 2.25. The number of anilines is 1. The van der Waals surface area contributed by atoms with Crippen molar-refractivity contribution in [3.8, 4) is 11.3 Å². The van der Waals surface area contributed by atoms with E-state index < -0.39 is 0 Å². The second-order valence-corrected chi connectivity index (χ2v) is 4.40. The molecule has 19 heavy (non-hydrogen) atoms. The van der Waals surface area contributed by atoms with Gasteiger partial charge < -0.3 is 5.32 Å². The number of hydrogen-bond donors (Lipinski definition) is 1. The molecule has 1 N–H and O–H groups in total. The third kappa shape index (κ3) is 2.12. The van der Waals surface area contributed by atoms with E-state index in [9.17, 15) is 0 Å². The van der Waals surface area contributed by atoms with Crippen molar-refractivity contribution in [2.75, 3.05) is 12.4 Å². The Balaban J connectivity index is 2.22. The predicted octanol–water partition coefficient (Wildman–Crippen LogP) is 3.04. The maximum atomic E-state index is 4.61. The Morgan fingerprint density at radius 1 is 1.00 bits per heavy atom. The predicted molar refractivity (Wildman–Crippen MR) is 77.1 cm³/mol. The monoisotopic (exact) mass is 250 g/mol. The summed E-state index contributed by atoms with van der Waals surface area (Å²) >= 11 is 0. The van der Waals surface area contributed by atoms with Gasteiger partial charge in [0.2, 0.25) is 0 Å². The number of hydrogen-bond acceptors (Lipinski definition) is 4. The van der Waals surface area contributed by atoms with E-state index in [-0.39, 0.29) is 0 Å². The van der Waals surface area contributed by atoms with Crippen LogP contribution in [0.4, 0.5) is 5.82 Å². The SMILES string of the molecule is CNc1nc(-c2ccc(C)cc2)cc2nccnc12. The maximum Gasteiger partial charge on any atom is 0.154 e. The van der Waals surface area contributed by atoms with Gasteiger partial charge in [-0.15, -0.1) is 0 Å². The number of aromatic nitrogens is 3. The standard InChI is InChI=1S/C15H14N4/c1-10-3-5-11(6-4-10)12-9-13-14(15(16-2)19-12)18-8-7-17-13/h3-9H,1-2H3,(H,16,19). The van der Waals surface area contributed by atoms with E-state index in [1.165, 1.54) is 5.56 Å². The van der Waals surface area contributed by atoms with Crippen molar-refractivity contribution in [1.29, 1.82) is 0 Å². The van der Waals surface area contributed by atoms with Gasteiger partial charge in [-0.3, -0.25) is 4.98 Å². The normalized spacial score (nSPS) is 10.6. The van der Waals surface area contributed by atoms with Crippen LogP contribution in [0.3, 0.4) is 0 Å². The Labute approximate surface area is 111 Å². The van der Waals surface area contributed by atoms with Gasteiger partial charge in [0.15, 0.2) is 5.82 Å². The minimum atomic E-state index is 0.751. The first-order valence-corrected chi connectivity index (χ1v) is 6.14. The summed E-state index contributed by atoms with van der Waals surface area (Å²) in [5.41, 5.74) is 4.85. The second-order valence-electron chi connectivity index (χ2n) is 4.40. The Bertz CT molecular complexity index is 720. The van der Waals surface area contributed by atoms with Crippen LogP contribution in [0.1, 0.15) is 5.56 Å². The minimum absolute atomic E-state index is 0.751. The van der Waals surface area contributed by atoms with E-state index in [2.05, 4.69) is 51.5 Å². The zero-order chi connectivity index (χ0) is 13.2. The number of rotatable bonds is 2. The smallest absolute Gasteiger partial charge is 0.154 e. The summed E-state index contributed by atoms with van der Waals surface area (Å²) in [4.78, 5) is 13.3. The first-order valence-electron chi connectivity index (χ1n) is 6.14. The summed E-state index contributed by atoms with van der Waals surface area (Å²) < 4.78 is 0. The summed E-state index contributed by atoms with van der Waals surface area (Å²) in [6.07, 6.45) is 3.37. The molecule has 4 nitrogen and oxygen atoms in total. The summed E-state index contributed by atoms with van der Waals surface area (Å²) in [5.74, 6) is 0.751. The van der Waals surface area contributed by atoms with Crippen LogP contribution in [0.15, 0.2) is 42.7 Å². The summed E-state index contributed by atoms with van der Waals surface area (Å²) in [7, 11) is 1.84. The molecule has 0 radical (unpaired) electrons. The number of pyridine rings is 1. The largest absolute Gasteiger partial charge is 0.371 e. The van der Waals surface area contributed by atoms with Gasteiger partial charge in [-0.25, -0.2) is 9.97 Å². The quantitative estimate of drug-likeness (QED) is 0.759. The van der Waals surface area contributed by atoms with E-state index in [1.807, 2.05) is 13.1 Å². The molecule has 2 heterocycles. The molecule has 3 aromatic rings. The fourth-order valence-corrected chi connectivity index (χ4v) is 2.02. The van der Waals surface area contributed by atoms with Gasteiger partial charge in [0, 0.05) is 25.0 Å². The molecule has 1 aromatic carbocycles. The first kappa shape index (κ1) is 11.6. The summed E-state index contributed by atoms with van der Waals surface area (Å²) in [6.45, 7) is 2.07. The highest BCUT2D eigenvalue weighted by Gasteiger charge is 2.08. The highest BCUT2D eigenvalue weighted by atomic mass is 15.0. The topological polar surface area (TPSA) is 50.7 Å². The lowest BCUT2D eigenvalue weighted by Gasteiger charge is -2.07. The van der Waals surface area contributed by atoms with Crippen LogP contribution in [0.5, 0.6) is 0 Å². The van der Waals surface area contributed by atoms with Gasteiger partial charge >= 0.3 is 0 Å². The Morgan fingerprint density at radius 2 is 1.74 bits per heavy atom. The summed E-state index contributed by atoms with van der Waals surface area (Å²) in [5, 5.41) is 3.08. The lowest BCUT2D eigenvalue weighted by atomic mass is 10.1. The van der Waals surface area contributed by atoms with Crippen LogP contribution in [-0.2, 0) is 0 Å². The van der Waals surface area contributed by atoms with E-state index in [0.29, 0.717) is 0 Å².